The second-order valence-electron chi connectivity index (χ2n) is 4.37. The summed E-state index contributed by atoms with van der Waals surface area (Å²) in [6.07, 6.45) is -1.13. The Kier molecular flexibility index (Phi) is 4.31. The van der Waals surface area contributed by atoms with Crippen LogP contribution in [0.15, 0.2) is 30.3 Å². The molecular formula is C13H15F2NO3. The van der Waals surface area contributed by atoms with Crippen LogP contribution < -0.4 is 0 Å². The number of halogens is 2. The normalized spacial score (nSPS) is 22.2. The van der Waals surface area contributed by atoms with E-state index in [1.54, 1.807) is 6.92 Å². The molecule has 1 fully saturated rings. The van der Waals surface area contributed by atoms with E-state index in [1.807, 2.05) is 30.3 Å². The van der Waals surface area contributed by atoms with Crippen LogP contribution in [0, 0.1) is 0 Å². The number of benzene rings is 1. The van der Waals surface area contributed by atoms with Crippen molar-refractivity contribution in [2.24, 2.45) is 0 Å². The number of amides is 1. The highest BCUT2D eigenvalue weighted by Crippen LogP contribution is 2.23. The smallest absolute Gasteiger partial charge is 0.410 e. The average Bonchev–Trinajstić information content (AvgIpc) is 2.41. The van der Waals surface area contributed by atoms with Crippen LogP contribution in [0.2, 0.25) is 0 Å². The summed E-state index contributed by atoms with van der Waals surface area (Å²) in [5.74, 6) is 0. The fourth-order valence-corrected chi connectivity index (χ4v) is 1.91. The monoisotopic (exact) mass is 271 g/mol. The van der Waals surface area contributed by atoms with E-state index in [0.29, 0.717) is 0 Å². The summed E-state index contributed by atoms with van der Waals surface area (Å²) in [6, 6.07) is 8.86. The van der Waals surface area contributed by atoms with Crippen molar-refractivity contribution in [1.82, 2.24) is 4.90 Å². The first-order chi connectivity index (χ1) is 9.08. The van der Waals surface area contributed by atoms with Gasteiger partial charge in [-0.15, -0.1) is 0 Å². The molecule has 6 heteroatoms. The van der Waals surface area contributed by atoms with Gasteiger partial charge in [-0.2, -0.15) is 8.78 Å². The van der Waals surface area contributed by atoms with Crippen molar-refractivity contribution >= 4 is 6.09 Å². The van der Waals surface area contributed by atoms with Gasteiger partial charge < -0.3 is 14.4 Å². The van der Waals surface area contributed by atoms with Crippen molar-refractivity contribution in [1.29, 1.82) is 0 Å². The summed E-state index contributed by atoms with van der Waals surface area (Å²) in [5, 5.41) is 0. The topological polar surface area (TPSA) is 38.8 Å². The van der Waals surface area contributed by atoms with Crippen LogP contribution in [-0.2, 0) is 16.1 Å². The Hall–Kier alpha value is -1.69. The number of alkyl halides is 2. The molecule has 19 heavy (non-hydrogen) atoms. The zero-order valence-corrected chi connectivity index (χ0v) is 10.5. The standard InChI is InChI=1S/C13H15F2NO3/c1-9-11(19-12(14)15)7-16(9)13(17)18-8-10-5-3-2-4-6-10/h2-6,9,11-12H,7-8H2,1H3/t9-,11-/m0/s1. The van der Waals surface area contributed by atoms with Crippen molar-refractivity contribution in [3.63, 3.8) is 0 Å². The lowest BCUT2D eigenvalue weighted by Gasteiger charge is -2.44. The lowest BCUT2D eigenvalue weighted by atomic mass is 10.0. The third-order valence-corrected chi connectivity index (χ3v) is 3.12. The van der Waals surface area contributed by atoms with Gasteiger partial charge in [0, 0.05) is 0 Å². The molecule has 0 radical (unpaired) electrons. The Morgan fingerprint density at radius 3 is 2.68 bits per heavy atom. The number of hydrogen-bond donors (Lipinski definition) is 0. The van der Waals surface area contributed by atoms with Gasteiger partial charge in [-0.25, -0.2) is 4.79 Å². The van der Waals surface area contributed by atoms with Gasteiger partial charge in [-0.05, 0) is 12.5 Å². The third kappa shape index (κ3) is 3.41. The van der Waals surface area contributed by atoms with E-state index in [4.69, 9.17) is 4.74 Å². The number of carbonyl (C=O) groups is 1. The van der Waals surface area contributed by atoms with E-state index in [9.17, 15) is 13.6 Å². The van der Waals surface area contributed by atoms with Gasteiger partial charge in [-0.1, -0.05) is 30.3 Å². The molecule has 1 aliphatic rings. The Morgan fingerprint density at radius 1 is 1.42 bits per heavy atom. The SMILES string of the molecule is C[C@H]1[C@@H](OC(F)F)CN1C(=O)OCc1ccccc1. The Balaban J connectivity index is 1.76. The van der Waals surface area contributed by atoms with Crippen LogP contribution in [0.4, 0.5) is 13.6 Å². The molecule has 4 nitrogen and oxygen atoms in total. The number of carbonyl (C=O) groups excluding carboxylic acids is 1. The molecule has 0 bridgehead atoms. The van der Waals surface area contributed by atoms with E-state index in [0.717, 1.165) is 5.56 Å². The first-order valence-electron chi connectivity index (χ1n) is 5.99. The van der Waals surface area contributed by atoms with Crippen molar-refractivity contribution < 1.29 is 23.0 Å². The lowest BCUT2D eigenvalue weighted by Crippen LogP contribution is -2.62. The highest BCUT2D eigenvalue weighted by atomic mass is 19.3. The second kappa shape index (κ2) is 5.97. The maximum atomic E-state index is 12.0. The number of likely N-dealkylation sites (tertiary alicyclic amines) is 1. The third-order valence-electron chi connectivity index (χ3n) is 3.12. The summed E-state index contributed by atoms with van der Waals surface area (Å²) in [7, 11) is 0. The van der Waals surface area contributed by atoms with E-state index < -0.39 is 24.9 Å². The molecule has 1 amide bonds. The van der Waals surface area contributed by atoms with E-state index in [2.05, 4.69) is 4.74 Å². The summed E-state index contributed by atoms with van der Waals surface area (Å²) < 4.78 is 33.5. The van der Waals surface area contributed by atoms with Gasteiger partial charge in [0.05, 0.1) is 12.6 Å². The number of hydrogen-bond acceptors (Lipinski definition) is 3. The van der Waals surface area contributed by atoms with Gasteiger partial charge in [0.25, 0.3) is 0 Å². The molecule has 2 atom stereocenters. The van der Waals surface area contributed by atoms with Crippen LogP contribution in [-0.4, -0.2) is 36.3 Å². The highest BCUT2D eigenvalue weighted by molar-refractivity contribution is 5.69. The Morgan fingerprint density at radius 2 is 2.11 bits per heavy atom. The molecule has 1 aromatic carbocycles. The predicted octanol–water partition coefficient (Wildman–Crippen LogP) is 2.64. The van der Waals surface area contributed by atoms with Gasteiger partial charge >= 0.3 is 12.7 Å². The first-order valence-corrected chi connectivity index (χ1v) is 5.99. The largest absolute Gasteiger partial charge is 0.445 e. The molecule has 1 heterocycles. The molecule has 0 N–H and O–H groups in total. The van der Waals surface area contributed by atoms with Crippen LogP contribution in [0.1, 0.15) is 12.5 Å². The molecular weight excluding hydrogens is 256 g/mol. The fraction of sp³-hybridized carbons (Fsp3) is 0.462. The number of rotatable bonds is 4. The molecule has 0 aliphatic carbocycles. The average molecular weight is 271 g/mol. The van der Waals surface area contributed by atoms with Crippen molar-refractivity contribution in [2.45, 2.75) is 32.3 Å². The minimum atomic E-state index is -2.81. The van der Waals surface area contributed by atoms with Crippen molar-refractivity contribution in [2.75, 3.05) is 6.54 Å². The maximum absolute atomic E-state index is 12.0. The van der Waals surface area contributed by atoms with Gasteiger partial charge in [0.1, 0.15) is 12.7 Å². The maximum Gasteiger partial charge on any atom is 0.410 e. The predicted molar refractivity (Wildman–Crippen MR) is 63.7 cm³/mol. The van der Waals surface area contributed by atoms with Crippen LogP contribution in [0.5, 0.6) is 0 Å². The van der Waals surface area contributed by atoms with Crippen molar-refractivity contribution in [3.8, 4) is 0 Å². The van der Waals surface area contributed by atoms with Crippen LogP contribution >= 0.6 is 0 Å². The molecule has 1 saturated heterocycles. The molecule has 1 aromatic rings. The molecule has 1 aliphatic heterocycles. The lowest BCUT2D eigenvalue weighted by molar-refractivity contribution is -0.208. The molecule has 0 aromatic heterocycles. The molecule has 104 valence electrons. The summed E-state index contributed by atoms with van der Waals surface area (Å²) in [4.78, 5) is 13.1. The van der Waals surface area contributed by atoms with Gasteiger partial charge in [-0.3, -0.25) is 0 Å². The minimum absolute atomic E-state index is 0.138. The summed E-state index contributed by atoms with van der Waals surface area (Å²) >= 11 is 0. The van der Waals surface area contributed by atoms with Crippen LogP contribution in [0.25, 0.3) is 0 Å². The van der Waals surface area contributed by atoms with E-state index >= 15 is 0 Å². The minimum Gasteiger partial charge on any atom is -0.445 e. The Bertz CT molecular complexity index is 427. The number of nitrogens with zero attached hydrogens (tertiary/aromatic N) is 1. The molecule has 0 unspecified atom stereocenters. The summed E-state index contributed by atoms with van der Waals surface area (Å²) in [5.41, 5.74) is 0.879. The molecule has 0 saturated carbocycles. The fourth-order valence-electron chi connectivity index (χ4n) is 1.91. The first kappa shape index (κ1) is 13.7. The highest BCUT2D eigenvalue weighted by Gasteiger charge is 2.41. The van der Waals surface area contributed by atoms with Gasteiger partial charge in [0.2, 0.25) is 0 Å². The quantitative estimate of drug-likeness (QED) is 0.845. The van der Waals surface area contributed by atoms with Crippen molar-refractivity contribution in [3.05, 3.63) is 35.9 Å². The number of ether oxygens (including phenoxy) is 2. The van der Waals surface area contributed by atoms with Gasteiger partial charge in [0.15, 0.2) is 0 Å². The zero-order chi connectivity index (χ0) is 13.8. The van der Waals surface area contributed by atoms with E-state index in [-0.39, 0.29) is 13.2 Å². The zero-order valence-electron chi connectivity index (χ0n) is 10.5. The second-order valence-corrected chi connectivity index (χ2v) is 4.37. The summed E-state index contributed by atoms with van der Waals surface area (Å²) in [6.45, 7) is -0.849. The Labute approximate surface area is 109 Å². The molecule has 2 rings (SSSR count). The van der Waals surface area contributed by atoms with E-state index in [1.165, 1.54) is 4.90 Å². The van der Waals surface area contributed by atoms with Crippen LogP contribution in [0.3, 0.4) is 0 Å². The molecule has 0 spiro atoms.